The highest BCUT2D eigenvalue weighted by Crippen LogP contribution is 2.33. The molecule has 0 spiro atoms. The minimum atomic E-state index is 0.719. The van der Waals surface area contributed by atoms with E-state index in [1.165, 1.54) is 5.56 Å². The average molecular weight is 380 g/mol. The molecule has 0 amide bonds. The Bertz CT molecular complexity index is 1090. The number of ether oxygens (including phenoxy) is 1. The molecule has 0 aliphatic rings. The first-order valence-electron chi connectivity index (χ1n) is 9.74. The number of benzene rings is 4. The van der Waals surface area contributed by atoms with Gasteiger partial charge in [-0.15, -0.1) is 0 Å². The predicted molar refractivity (Wildman–Crippen MR) is 121 cm³/mol. The van der Waals surface area contributed by atoms with Gasteiger partial charge in [0.15, 0.2) is 0 Å². The van der Waals surface area contributed by atoms with Gasteiger partial charge >= 0.3 is 0 Å². The fourth-order valence-electron chi connectivity index (χ4n) is 3.39. The summed E-state index contributed by atoms with van der Waals surface area (Å²) >= 11 is 0. The third-order valence-electron chi connectivity index (χ3n) is 4.97. The number of anilines is 2. The van der Waals surface area contributed by atoms with Gasteiger partial charge in [-0.1, -0.05) is 54.6 Å². The van der Waals surface area contributed by atoms with E-state index in [1.807, 2.05) is 60.7 Å². The Morgan fingerprint density at radius 1 is 0.655 bits per heavy atom. The SMILES string of the molecule is Nc1ccc(Oc2ccc(-c3ccccc3N)cc2CCc2ccccc2)cc1. The van der Waals surface area contributed by atoms with Gasteiger partial charge in [-0.05, 0) is 72.0 Å². The smallest absolute Gasteiger partial charge is 0.130 e. The summed E-state index contributed by atoms with van der Waals surface area (Å²) in [4.78, 5) is 0. The van der Waals surface area contributed by atoms with Crippen LogP contribution in [0.1, 0.15) is 11.1 Å². The molecular formula is C26H24N2O. The zero-order valence-electron chi connectivity index (χ0n) is 16.2. The van der Waals surface area contributed by atoms with Gasteiger partial charge < -0.3 is 16.2 Å². The van der Waals surface area contributed by atoms with Crippen molar-refractivity contribution >= 4 is 11.4 Å². The Balaban J connectivity index is 1.67. The van der Waals surface area contributed by atoms with Crippen LogP contribution in [0.5, 0.6) is 11.5 Å². The molecule has 29 heavy (non-hydrogen) atoms. The standard InChI is InChI=1S/C26H24N2O/c27-22-13-15-23(16-14-22)29-26-17-12-20(24-8-4-5-9-25(24)28)18-21(26)11-10-19-6-2-1-3-7-19/h1-9,12-18H,10-11,27-28H2. The van der Waals surface area contributed by atoms with Crippen molar-refractivity contribution in [1.82, 2.24) is 0 Å². The first-order valence-corrected chi connectivity index (χ1v) is 9.74. The van der Waals surface area contributed by atoms with Crippen molar-refractivity contribution in [3.05, 3.63) is 108 Å². The number of aryl methyl sites for hydroxylation is 2. The van der Waals surface area contributed by atoms with Crippen LogP contribution in [0.3, 0.4) is 0 Å². The fourth-order valence-corrected chi connectivity index (χ4v) is 3.39. The molecule has 0 radical (unpaired) electrons. The number of hydrogen-bond acceptors (Lipinski definition) is 3. The van der Waals surface area contributed by atoms with Crippen LogP contribution in [-0.4, -0.2) is 0 Å². The van der Waals surface area contributed by atoms with Gasteiger partial charge in [0.2, 0.25) is 0 Å². The Kier molecular flexibility index (Phi) is 5.48. The summed E-state index contributed by atoms with van der Waals surface area (Å²) in [6, 6.07) is 32.2. The molecule has 0 aromatic heterocycles. The normalized spacial score (nSPS) is 10.6. The van der Waals surface area contributed by atoms with Gasteiger partial charge in [0, 0.05) is 16.9 Å². The molecule has 0 bridgehead atoms. The van der Waals surface area contributed by atoms with Crippen LogP contribution in [0.2, 0.25) is 0 Å². The Labute approximate surface area is 171 Å². The van der Waals surface area contributed by atoms with Crippen LogP contribution in [0, 0.1) is 0 Å². The van der Waals surface area contributed by atoms with Crippen molar-refractivity contribution < 1.29 is 4.74 Å². The Morgan fingerprint density at radius 3 is 2.14 bits per heavy atom. The molecule has 0 unspecified atom stereocenters. The van der Waals surface area contributed by atoms with Crippen molar-refractivity contribution in [2.45, 2.75) is 12.8 Å². The lowest BCUT2D eigenvalue weighted by atomic mass is 9.97. The molecule has 3 nitrogen and oxygen atoms in total. The van der Waals surface area contributed by atoms with Crippen LogP contribution in [0.4, 0.5) is 11.4 Å². The predicted octanol–water partition coefficient (Wildman–Crippen LogP) is 6.10. The van der Waals surface area contributed by atoms with Crippen molar-refractivity contribution in [3.63, 3.8) is 0 Å². The second kappa shape index (κ2) is 8.53. The van der Waals surface area contributed by atoms with Crippen molar-refractivity contribution in [2.24, 2.45) is 0 Å². The molecule has 0 aliphatic carbocycles. The summed E-state index contributed by atoms with van der Waals surface area (Å²) in [6.45, 7) is 0. The van der Waals surface area contributed by atoms with Crippen LogP contribution >= 0.6 is 0 Å². The van der Waals surface area contributed by atoms with Gasteiger partial charge in [0.05, 0.1) is 0 Å². The molecule has 0 aliphatic heterocycles. The van der Waals surface area contributed by atoms with E-state index < -0.39 is 0 Å². The zero-order chi connectivity index (χ0) is 20.1. The molecule has 0 heterocycles. The first-order chi connectivity index (χ1) is 14.2. The van der Waals surface area contributed by atoms with E-state index in [4.69, 9.17) is 16.2 Å². The van der Waals surface area contributed by atoms with Crippen LogP contribution in [0.25, 0.3) is 11.1 Å². The summed E-state index contributed by atoms with van der Waals surface area (Å²) in [5.41, 5.74) is 18.1. The van der Waals surface area contributed by atoms with Crippen molar-refractivity contribution in [2.75, 3.05) is 11.5 Å². The molecule has 4 aromatic rings. The van der Waals surface area contributed by atoms with Crippen molar-refractivity contribution in [3.8, 4) is 22.6 Å². The Morgan fingerprint density at radius 2 is 1.38 bits per heavy atom. The first kappa shape index (κ1) is 18.6. The van der Waals surface area contributed by atoms with E-state index in [0.717, 1.165) is 52.4 Å². The summed E-state index contributed by atoms with van der Waals surface area (Å²) in [7, 11) is 0. The monoisotopic (exact) mass is 380 g/mol. The lowest BCUT2D eigenvalue weighted by Crippen LogP contribution is -1.97. The quantitative estimate of drug-likeness (QED) is 0.398. The fraction of sp³-hybridized carbons (Fsp3) is 0.0769. The van der Waals surface area contributed by atoms with Gasteiger partial charge in [0.1, 0.15) is 11.5 Å². The molecule has 0 saturated heterocycles. The second-order valence-electron chi connectivity index (χ2n) is 7.07. The lowest BCUT2D eigenvalue weighted by Gasteiger charge is -2.14. The van der Waals surface area contributed by atoms with Gasteiger partial charge in [0.25, 0.3) is 0 Å². The largest absolute Gasteiger partial charge is 0.457 e. The van der Waals surface area contributed by atoms with Gasteiger partial charge in [-0.3, -0.25) is 0 Å². The van der Waals surface area contributed by atoms with Gasteiger partial charge in [-0.25, -0.2) is 0 Å². The maximum atomic E-state index is 6.20. The van der Waals surface area contributed by atoms with Crippen LogP contribution in [0.15, 0.2) is 97.1 Å². The summed E-state index contributed by atoms with van der Waals surface area (Å²) in [6.07, 6.45) is 1.81. The molecule has 144 valence electrons. The minimum Gasteiger partial charge on any atom is -0.457 e. The summed E-state index contributed by atoms with van der Waals surface area (Å²) in [5.74, 6) is 1.62. The van der Waals surface area contributed by atoms with E-state index in [9.17, 15) is 0 Å². The number of para-hydroxylation sites is 1. The van der Waals surface area contributed by atoms with Crippen LogP contribution in [-0.2, 0) is 12.8 Å². The van der Waals surface area contributed by atoms with Crippen LogP contribution < -0.4 is 16.2 Å². The van der Waals surface area contributed by atoms with E-state index in [2.05, 4.69) is 36.4 Å². The molecule has 3 heteroatoms. The number of hydrogen-bond donors (Lipinski definition) is 2. The maximum Gasteiger partial charge on any atom is 0.130 e. The number of nitrogens with two attached hydrogens (primary N) is 2. The lowest BCUT2D eigenvalue weighted by molar-refractivity contribution is 0.476. The third-order valence-corrected chi connectivity index (χ3v) is 4.97. The number of nitrogen functional groups attached to an aromatic ring is 2. The Hall–Kier alpha value is -3.72. The summed E-state index contributed by atoms with van der Waals surface area (Å²) < 4.78 is 6.19. The minimum absolute atomic E-state index is 0.719. The van der Waals surface area contributed by atoms with E-state index in [-0.39, 0.29) is 0 Å². The highest BCUT2D eigenvalue weighted by Gasteiger charge is 2.10. The van der Waals surface area contributed by atoms with E-state index in [1.54, 1.807) is 0 Å². The molecule has 0 saturated carbocycles. The van der Waals surface area contributed by atoms with Gasteiger partial charge in [-0.2, -0.15) is 0 Å². The molecule has 4 N–H and O–H groups in total. The number of rotatable bonds is 6. The van der Waals surface area contributed by atoms with E-state index in [0.29, 0.717) is 0 Å². The molecular weight excluding hydrogens is 356 g/mol. The summed E-state index contributed by atoms with van der Waals surface area (Å²) in [5, 5.41) is 0. The highest BCUT2D eigenvalue weighted by molar-refractivity contribution is 5.77. The molecule has 4 aromatic carbocycles. The molecule has 0 fully saturated rings. The highest BCUT2D eigenvalue weighted by atomic mass is 16.5. The molecule has 4 rings (SSSR count). The third kappa shape index (κ3) is 4.58. The second-order valence-corrected chi connectivity index (χ2v) is 7.07. The zero-order valence-corrected chi connectivity index (χ0v) is 16.2. The van der Waals surface area contributed by atoms with Crippen molar-refractivity contribution in [1.29, 1.82) is 0 Å². The average Bonchev–Trinajstić information content (AvgIpc) is 2.76. The maximum absolute atomic E-state index is 6.20. The topological polar surface area (TPSA) is 61.3 Å². The molecule has 0 atom stereocenters. The van der Waals surface area contributed by atoms with E-state index >= 15 is 0 Å².